The molecule has 1 saturated heterocycles. The Morgan fingerprint density at radius 2 is 1.80 bits per heavy atom. The molecule has 4 aromatic rings. The van der Waals surface area contributed by atoms with Gasteiger partial charge in [0, 0.05) is 62.4 Å². The molecular formula is C26H27N7O2. The lowest BCUT2D eigenvalue weighted by Gasteiger charge is -2.34. The average Bonchev–Trinajstić information content (AvgIpc) is 2.85. The molecule has 1 amide bonds. The van der Waals surface area contributed by atoms with Gasteiger partial charge in [0.15, 0.2) is 0 Å². The van der Waals surface area contributed by atoms with E-state index in [1.165, 1.54) is 12.6 Å². The highest BCUT2D eigenvalue weighted by molar-refractivity contribution is 5.95. The van der Waals surface area contributed by atoms with Gasteiger partial charge in [0.05, 0.1) is 11.1 Å². The molecule has 9 nitrogen and oxygen atoms in total. The third-order valence-electron chi connectivity index (χ3n) is 6.12. The molecule has 1 aliphatic rings. The van der Waals surface area contributed by atoms with Gasteiger partial charge in [0.2, 0.25) is 5.91 Å². The Kier molecular flexibility index (Phi) is 6.15. The van der Waals surface area contributed by atoms with Crippen LogP contribution >= 0.6 is 0 Å². The van der Waals surface area contributed by atoms with E-state index in [9.17, 15) is 9.59 Å². The lowest BCUT2D eigenvalue weighted by atomic mass is 10.1. The number of anilines is 4. The molecule has 0 unspecified atom stereocenters. The zero-order chi connectivity index (χ0) is 24.4. The van der Waals surface area contributed by atoms with E-state index in [0.717, 1.165) is 42.8 Å². The van der Waals surface area contributed by atoms with Crippen molar-refractivity contribution in [3.05, 3.63) is 71.3 Å². The monoisotopic (exact) mass is 469 g/mol. The fourth-order valence-electron chi connectivity index (χ4n) is 4.21. The maximum Gasteiger partial charge on any atom is 0.259 e. The number of H-pyrrole nitrogens is 1. The van der Waals surface area contributed by atoms with Crippen molar-refractivity contribution in [3.63, 3.8) is 0 Å². The number of likely N-dealkylation sites (N-methyl/N-ethyl adjacent to an activating group) is 1. The molecule has 3 N–H and O–H groups in total. The Morgan fingerprint density at radius 3 is 2.49 bits per heavy atom. The summed E-state index contributed by atoms with van der Waals surface area (Å²) in [6.07, 6.45) is 3.28. The number of carbonyl (C=O) groups is 1. The molecule has 0 spiro atoms. The van der Waals surface area contributed by atoms with Crippen molar-refractivity contribution in [3.8, 4) is 11.3 Å². The minimum atomic E-state index is -0.211. The van der Waals surface area contributed by atoms with Crippen LogP contribution in [0.4, 0.5) is 23.0 Å². The summed E-state index contributed by atoms with van der Waals surface area (Å²) < 4.78 is 0. The van der Waals surface area contributed by atoms with Crippen molar-refractivity contribution in [2.24, 2.45) is 0 Å². The number of carbonyl (C=O) groups excluding carboxylic acids is 1. The predicted octanol–water partition coefficient (Wildman–Crippen LogP) is 3.44. The van der Waals surface area contributed by atoms with Crippen molar-refractivity contribution in [1.82, 2.24) is 19.9 Å². The summed E-state index contributed by atoms with van der Waals surface area (Å²) >= 11 is 0. The van der Waals surface area contributed by atoms with Crippen LogP contribution in [0.25, 0.3) is 22.0 Å². The first-order valence-electron chi connectivity index (χ1n) is 11.5. The van der Waals surface area contributed by atoms with E-state index in [1.54, 1.807) is 18.5 Å². The van der Waals surface area contributed by atoms with Crippen LogP contribution in [-0.2, 0) is 4.79 Å². The van der Waals surface area contributed by atoms with Gasteiger partial charge in [-0.1, -0.05) is 0 Å². The van der Waals surface area contributed by atoms with E-state index in [2.05, 4.69) is 49.6 Å². The number of hydrogen-bond acceptors (Lipinski definition) is 7. The second-order valence-electron chi connectivity index (χ2n) is 8.70. The fourth-order valence-corrected chi connectivity index (χ4v) is 4.21. The molecule has 0 saturated carbocycles. The normalized spacial score (nSPS) is 14.2. The number of aromatic amines is 1. The van der Waals surface area contributed by atoms with Crippen LogP contribution in [0, 0.1) is 0 Å². The van der Waals surface area contributed by atoms with Crippen LogP contribution in [0.2, 0.25) is 0 Å². The van der Waals surface area contributed by atoms with Gasteiger partial charge >= 0.3 is 0 Å². The molecule has 9 heteroatoms. The number of nitrogens with one attached hydrogen (secondary N) is 3. The Bertz CT molecular complexity index is 1410. The maximum atomic E-state index is 12.7. The summed E-state index contributed by atoms with van der Waals surface area (Å²) in [5.41, 5.74) is 3.25. The molecule has 4 heterocycles. The van der Waals surface area contributed by atoms with Crippen LogP contribution in [0.5, 0.6) is 0 Å². The largest absolute Gasteiger partial charge is 0.369 e. The number of benzene rings is 1. The van der Waals surface area contributed by atoms with Crippen LogP contribution in [0.1, 0.15) is 6.92 Å². The number of pyridine rings is 3. The first kappa shape index (κ1) is 22.5. The molecule has 178 valence electrons. The second-order valence-corrected chi connectivity index (χ2v) is 8.70. The SMILES string of the molecule is CC(=O)Nc1ccc(-c2cc3cc[nH]c(=O)c3c(Nc3ccc(N4CCN(C)CC4)cc3)n2)cn1. The van der Waals surface area contributed by atoms with Gasteiger partial charge in [-0.25, -0.2) is 9.97 Å². The molecule has 5 rings (SSSR count). The molecular weight excluding hydrogens is 442 g/mol. The fraction of sp³-hybridized carbons (Fsp3) is 0.231. The number of fused-ring (bicyclic) bond motifs is 1. The van der Waals surface area contributed by atoms with E-state index in [4.69, 9.17) is 4.98 Å². The van der Waals surface area contributed by atoms with E-state index in [0.29, 0.717) is 22.7 Å². The quantitative estimate of drug-likeness (QED) is 0.411. The van der Waals surface area contributed by atoms with Crippen LogP contribution in [-0.4, -0.2) is 59.0 Å². The van der Waals surface area contributed by atoms with Gasteiger partial charge in [-0.15, -0.1) is 0 Å². The standard InChI is InChI=1S/C26H27N7O2/c1-17(34)29-23-8-3-19(16-28-23)22-15-18-9-10-27-26(35)24(18)25(31-22)30-20-4-6-21(7-5-20)33-13-11-32(2)12-14-33/h3-10,15-16H,11-14H2,1-2H3,(H,27,35)(H,30,31)(H,28,29,34). The summed E-state index contributed by atoms with van der Waals surface area (Å²) in [5, 5.41) is 7.25. The number of aromatic nitrogens is 3. The molecule has 1 aromatic carbocycles. The molecule has 35 heavy (non-hydrogen) atoms. The summed E-state index contributed by atoms with van der Waals surface area (Å²) in [4.78, 5) is 40.5. The smallest absolute Gasteiger partial charge is 0.259 e. The minimum absolute atomic E-state index is 0.182. The van der Waals surface area contributed by atoms with E-state index < -0.39 is 0 Å². The van der Waals surface area contributed by atoms with Crippen molar-refractivity contribution in [2.45, 2.75) is 6.92 Å². The minimum Gasteiger partial charge on any atom is -0.369 e. The molecule has 1 fully saturated rings. The Labute approximate surface area is 202 Å². The third kappa shape index (κ3) is 4.99. The summed E-state index contributed by atoms with van der Waals surface area (Å²) in [6.45, 7) is 5.54. The number of amides is 1. The summed E-state index contributed by atoms with van der Waals surface area (Å²) in [5.74, 6) is 0.758. The highest BCUT2D eigenvalue weighted by Crippen LogP contribution is 2.29. The first-order valence-corrected chi connectivity index (χ1v) is 11.5. The number of rotatable bonds is 5. The predicted molar refractivity (Wildman–Crippen MR) is 139 cm³/mol. The van der Waals surface area contributed by atoms with Gasteiger partial charge in [0.1, 0.15) is 11.6 Å². The molecule has 0 aliphatic carbocycles. The van der Waals surface area contributed by atoms with E-state index in [1.807, 2.05) is 30.3 Å². The van der Waals surface area contributed by atoms with Crippen molar-refractivity contribution < 1.29 is 4.79 Å². The molecule has 0 radical (unpaired) electrons. The van der Waals surface area contributed by atoms with E-state index >= 15 is 0 Å². The maximum absolute atomic E-state index is 12.7. The second kappa shape index (κ2) is 9.55. The van der Waals surface area contributed by atoms with Gasteiger partial charge in [0.25, 0.3) is 5.56 Å². The number of hydrogen-bond donors (Lipinski definition) is 3. The van der Waals surface area contributed by atoms with Gasteiger partial charge < -0.3 is 25.4 Å². The van der Waals surface area contributed by atoms with Crippen molar-refractivity contribution >= 4 is 39.7 Å². The lowest BCUT2D eigenvalue weighted by Crippen LogP contribution is -2.44. The zero-order valence-electron chi connectivity index (χ0n) is 19.7. The van der Waals surface area contributed by atoms with Crippen molar-refractivity contribution in [2.75, 3.05) is 48.8 Å². The van der Waals surface area contributed by atoms with Crippen LogP contribution in [0.3, 0.4) is 0 Å². The summed E-state index contributed by atoms with van der Waals surface area (Å²) in [6, 6.07) is 15.5. The molecule has 1 aliphatic heterocycles. The number of nitrogens with zero attached hydrogens (tertiary/aromatic N) is 4. The lowest BCUT2D eigenvalue weighted by molar-refractivity contribution is -0.114. The van der Waals surface area contributed by atoms with Crippen LogP contribution in [0.15, 0.2) is 65.7 Å². The Hall–Kier alpha value is -4.24. The Morgan fingerprint density at radius 1 is 1.03 bits per heavy atom. The number of piperazine rings is 1. The summed E-state index contributed by atoms with van der Waals surface area (Å²) in [7, 11) is 2.14. The van der Waals surface area contributed by atoms with Gasteiger partial charge in [-0.05, 0) is 61.0 Å². The van der Waals surface area contributed by atoms with Crippen molar-refractivity contribution in [1.29, 1.82) is 0 Å². The van der Waals surface area contributed by atoms with Crippen LogP contribution < -0.4 is 21.1 Å². The average molecular weight is 470 g/mol. The first-order chi connectivity index (χ1) is 17.0. The highest BCUT2D eigenvalue weighted by atomic mass is 16.1. The van der Waals surface area contributed by atoms with E-state index in [-0.39, 0.29) is 11.5 Å². The zero-order valence-corrected chi connectivity index (χ0v) is 19.7. The van der Waals surface area contributed by atoms with Gasteiger partial charge in [-0.2, -0.15) is 0 Å². The molecule has 0 atom stereocenters. The highest BCUT2D eigenvalue weighted by Gasteiger charge is 2.15. The Balaban J connectivity index is 1.46. The molecule has 3 aromatic heterocycles. The molecule has 0 bridgehead atoms. The topological polar surface area (TPSA) is 106 Å². The third-order valence-corrected chi connectivity index (χ3v) is 6.12. The van der Waals surface area contributed by atoms with Gasteiger partial charge in [-0.3, -0.25) is 9.59 Å².